The Kier molecular flexibility index (Phi) is 5.01. The summed E-state index contributed by atoms with van der Waals surface area (Å²) in [6, 6.07) is 13.5. The SMILES string of the molecule is O=C(O)C(NCc1ccc(Cl)c(Cl)c1)c1ccccc1. The lowest BCUT2D eigenvalue weighted by atomic mass is 10.1. The van der Waals surface area contributed by atoms with E-state index in [4.69, 9.17) is 23.2 Å². The van der Waals surface area contributed by atoms with Crippen molar-refractivity contribution in [2.45, 2.75) is 12.6 Å². The van der Waals surface area contributed by atoms with Crippen LogP contribution in [0.25, 0.3) is 0 Å². The van der Waals surface area contributed by atoms with E-state index in [0.29, 0.717) is 22.2 Å². The molecule has 0 saturated carbocycles. The van der Waals surface area contributed by atoms with Crippen molar-refractivity contribution in [2.75, 3.05) is 0 Å². The molecule has 0 fully saturated rings. The summed E-state index contributed by atoms with van der Waals surface area (Å²) in [5.41, 5.74) is 1.58. The van der Waals surface area contributed by atoms with E-state index in [-0.39, 0.29) is 0 Å². The van der Waals surface area contributed by atoms with Gasteiger partial charge >= 0.3 is 5.97 Å². The highest BCUT2D eigenvalue weighted by molar-refractivity contribution is 6.42. The summed E-state index contributed by atoms with van der Waals surface area (Å²) >= 11 is 11.8. The molecule has 2 rings (SSSR count). The number of carboxylic acids is 1. The second-order valence-electron chi connectivity index (χ2n) is 4.31. The smallest absolute Gasteiger partial charge is 0.325 e. The highest BCUT2D eigenvalue weighted by Crippen LogP contribution is 2.23. The van der Waals surface area contributed by atoms with E-state index in [2.05, 4.69) is 5.32 Å². The van der Waals surface area contributed by atoms with Crippen molar-refractivity contribution in [1.82, 2.24) is 5.32 Å². The largest absolute Gasteiger partial charge is 0.480 e. The van der Waals surface area contributed by atoms with Crippen molar-refractivity contribution < 1.29 is 9.90 Å². The van der Waals surface area contributed by atoms with Crippen LogP contribution in [-0.4, -0.2) is 11.1 Å². The lowest BCUT2D eigenvalue weighted by molar-refractivity contribution is -0.139. The van der Waals surface area contributed by atoms with Crippen molar-refractivity contribution >= 4 is 29.2 Å². The van der Waals surface area contributed by atoms with Gasteiger partial charge in [0.2, 0.25) is 0 Å². The van der Waals surface area contributed by atoms with Crippen LogP contribution in [-0.2, 0) is 11.3 Å². The van der Waals surface area contributed by atoms with E-state index in [1.165, 1.54) is 0 Å². The first kappa shape index (κ1) is 14.9. The maximum absolute atomic E-state index is 11.3. The molecule has 1 unspecified atom stereocenters. The number of benzene rings is 2. The van der Waals surface area contributed by atoms with Gasteiger partial charge in [-0.2, -0.15) is 0 Å². The summed E-state index contributed by atoms with van der Waals surface area (Å²) in [7, 11) is 0. The third-order valence-electron chi connectivity index (χ3n) is 2.87. The van der Waals surface area contributed by atoms with E-state index in [1.54, 1.807) is 24.3 Å². The number of rotatable bonds is 5. The van der Waals surface area contributed by atoms with Crippen molar-refractivity contribution in [3.8, 4) is 0 Å². The Hall–Kier alpha value is -1.55. The summed E-state index contributed by atoms with van der Waals surface area (Å²) in [6.45, 7) is 0.392. The van der Waals surface area contributed by atoms with Gasteiger partial charge in [-0.1, -0.05) is 59.6 Å². The third kappa shape index (κ3) is 3.73. The monoisotopic (exact) mass is 309 g/mol. The first-order valence-electron chi connectivity index (χ1n) is 6.03. The van der Waals surface area contributed by atoms with Crippen molar-refractivity contribution in [2.24, 2.45) is 0 Å². The molecule has 0 aliphatic heterocycles. The van der Waals surface area contributed by atoms with Crippen molar-refractivity contribution in [3.05, 3.63) is 69.7 Å². The summed E-state index contributed by atoms with van der Waals surface area (Å²) in [5, 5.41) is 13.2. The Balaban J connectivity index is 2.10. The summed E-state index contributed by atoms with van der Waals surface area (Å²) in [4.78, 5) is 11.3. The van der Waals surface area contributed by atoms with Gasteiger partial charge in [-0.25, -0.2) is 0 Å². The molecule has 0 aliphatic carbocycles. The number of halogens is 2. The lowest BCUT2D eigenvalue weighted by Gasteiger charge is -2.15. The minimum atomic E-state index is -0.920. The molecular weight excluding hydrogens is 297 g/mol. The average Bonchev–Trinajstić information content (AvgIpc) is 2.44. The standard InChI is InChI=1S/C15H13Cl2NO2/c16-12-7-6-10(8-13(12)17)9-18-14(15(19)20)11-4-2-1-3-5-11/h1-8,14,18H,9H2,(H,19,20). The van der Waals surface area contributed by atoms with E-state index >= 15 is 0 Å². The van der Waals surface area contributed by atoms with Gasteiger partial charge < -0.3 is 5.11 Å². The zero-order valence-electron chi connectivity index (χ0n) is 10.5. The van der Waals surface area contributed by atoms with Gasteiger partial charge in [0.15, 0.2) is 0 Å². The molecule has 5 heteroatoms. The van der Waals surface area contributed by atoms with Crippen molar-refractivity contribution in [3.63, 3.8) is 0 Å². The number of nitrogens with one attached hydrogen (secondary N) is 1. The van der Waals surface area contributed by atoms with Gasteiger partial charge in [0.25, 0.3) is 0 Å². The maximum atomic E-state index is 11.3. The number of hydrogen-bond acceptors (Lipinski definition) is 2. The zero-order chi connectivity index (χ0) is 14.5. The second-order valence-corrected chi connectivity index (χ2v) is 5.13. The van der Waals surface area contributed by atoms with Crippen LogP contribution in [0.4, 0.5) is 0 Å². The Labute approximate surface area is 127 Å². The van der Waals surface area contributed by atoms with Crippen LogP contribution < -0.4 is 5.32 Å². The summed E-state index contributed by atoms with van der Waals surface area (Å²) < 4.78 is 0. The maximum Gasteiger partial charge on any atom is 0.325 e. The molecule has 104 valence electrons. The molecule has 0 amide bonds. The highest BCUT2D eigenvalue weighted by atomic mass is 35.5. The molecule has 2 N–H and O–H groups in total. The first-order chi connectivity index (χ1) is 9.58. The normalized spacial score (nSPS) is 12.1. The minimum Gasteiger partial charge on any atom is -0.480 e. The lowest BCUT2D eigenvalue weighted by Crippen LogP contribution is -2.28. The Morgan fingerprint density at radius 2 is 1.80 bits per heavy atom. The molecule has 0 aliphatic rings. The van der Waals surface area contributed by atoms with Crippen LogP contribution in [0.15, 0.2) is 48.5 Å². The predicted molar refractivity (Wildman–Crippen MR) is 80.1 cm³/mol. The quantitative estimate of drug-likeness (QED) is 0.880. The van der Waals surface area contributed by atoms with Crippen LogP contribution in [0.1, 0.15) is 17.2 Å². The average molecular weight is 310 g/mol. The van der Waals surface area contributed by atoms with E-state index in [9.17, 15) is 9.90 Å². The topological polar surface area (TPSA) is 49.3 Å². The Morgan fingerprint density at radius 3 is 2.40 bits per heavy atom. The summed E-state index contributed by atoms with van der Waals surface area (Å²) in [5.74, 6) is -0.920. The molecule has 0 heterocycles. The van der Waals surface area contributed by atoms with Gasteiger partial charge in [0.05, 0.1) is 10.0 Å². The van der Waals surface area contributed by atoms with Gasteiger partial charge in [-0.15, -0.1) is 0 Å². The van der Waals surface area contributed by atoms with Gasteiger partial charge in [-0.05, 0) is 23.3 Å². The van der Waals surface area contributed by atoms with Gasteiger partial charge in [0, 0.05) is 6.54 Å². The van der Waals surface area contributed by atoms with E-state index in [0.717, 1.165) is 5.56 Å². The Morgan fingerprint density at radius 1 is 1.10 bits per heavy atom. The van der Waals surface area contributed by atoms with E-state index in [1.807, 2.05) is 24.3 Å². The molecule has 20 heavy (non-hydrogen) atoms. The fourth-order valence-electron chi connectivity index (χ4n) is 1.86. The van der Waals surface area contributed by atoms with Crippen LogP contribution in [0.2, 0.25) is 10.0 Å². The molecule has 0 spiro atoms. The minimum absolute atomic E-state index is 0.392. The molecule has 0 saturated heterocycles. The van der Waals surface area contributed by atoms with Gasteiger partial charge in [0.1, 0.15) is 6.04 Å². The first-order valence-corrected chi connectivity index (χ1v) is 6.78. The van der Waals surface area contributed by atoms with Crippen LogP contribution >= 0.6 is 23.2 Å². The fourth-order valence-corrected chi connectivity index (χ4v) is 2.18. The highest BCUT2D eigenvalue weighted by Gasteiger charge is 2.18. The van der Waals surface area contributed by atoms with Gasteiger partial charge in [-0.3, -0.25) is 10.1 Å². The fraction of sp³-hybridized carbons (Fsp3) is 0.133. The number of carbonyl (C=O) groups is 1. The predicted octanol–water partition coefficient (Wildman–Crippen LogP) is 3.91. The molecule has 1 atom stereocenters. The molecule has 0 aromatic heterocycles. The molecule has 3 nitrogen and oxygen atoms in total. The van der Waals surface area contributed by atoms with Crippen LogP contribution in [0, 0.1) is 0 Å². The number of aliphatic carboxylic acids is 1. The number of hydrogen-bond donors (Lipinski definition) is 2. The molecule has 0 bridgehead atoms. The third-order valence-corrected chi connectivity index (χ3v) is 3.61. The van der Waals surface area contributed by atoms with E-state index < -0.39 is 12.0 Å². The molecule has 0 radical (unpaired) electrons. The molecular formula is C15H13Cl2NO2. The molecule has 2 aromatic rings. The van der Waals surface area contributed by atoms with Crippen LogP contribution in [0.5, 0.6) is 0 Å². The summed E-state index contributed by atoms with van der Waals surface area (Å²) in [6.07, 6.45) is 0. The molecule has 2 aromatic carbocycles. The number of carboxylic acid groups (broad SMARTS) is 1. The van der Waals surface area contributed by atoms with Crippen LogP contribution in [0.3, 0.4) is 0 Å². The second kappa shape index (κ2) is 6.75. The van der Waals surface area contributed by atoms with Crippen molar-refractivity contribution in [1.29, 1.82) is 0 Å². The zero-order valence-corrected chi connectivity index (χ0v) is 12.0. The Bertz CT molecular complexity index is 602.